The highest BCUT2D eigenvalue weighted by molar-refractivity contribution is 6.30. The first-order valence-electron chi connectivity index (χ1n) is 12.1. The molecular formula is C30H27ClN2O4. The van der Waals surface area contributed by atoms with Crippen molar-refractivity contribution >= 4 is 34.9 Å². The first-order chi connectivity index (χ1) is 17.7. The van der Waals surface area contributed by atoms with E-state index in [-0.39, 0.29) is 24.4 Å². The molecule has 37 heavy (non-hydrogen) atoms. The second-order valence-electron chi connectivity index (χ2n) is 9.92. The van der Waals surface area contributed by atoms with Crippen LogP contribution in [0.3, 0.4) is 0 Å². The van der Waals surface area contributed by atoms with Crippen LogP contribution in [0.1, 0.15) is 46.3 Å². The maximum Gasteiger partial charge on any atom is 0.338 e. The van der Waals surface area contributed by atoms with E-state index in [9.17, 15) is 14.7 Å². The van der Waals surface area contributed by atoms with E-state index >= 15 is 0 Å². The molecule has 2 N–H and O–H groups in total. The lowest BCUT2D eigenvalue weighted by Crippen LogP contribution is -2.44. The predicted molar refractivity (Wildman–Crippen MR) is 144 cm³/mol. The van der Waals surface area contributed by atoms with Gasteiger partial charge in [0.2, 0.25) is 5.60 Å². The van der Waals surface area contributed by atoms with E-state index < -0.39 is 11.5 Å². The maximum atomic E-state index is 13.6. The third kappa shape index (κ3) is 5.20. The number of anilines is 2. The number of benzene rings is 3. The number of cyclic esters (lactones) is 1. The van der Waals surface area contributed by atoms with Crippen LogP contribution in [-0.4, -0.2) is 36.7 Å². The minimum atomic E-state index is -1.96. The van der Waals surface area contributed by atoms with Gasteiger partial charge in [-0.1, -0.05) is 35.6 Å². The summed E-state index contributed by atoms with van der Waals surface area (Å²) in [7, 11) is 3.91. The number of aliphatic hydroxyl groups is 1. The van der Waals surface area contributed by atoms with Crippen LogP contribution in [0.25, 0.3) is 0 Å². The van der Waals surface area contributed by atoms with Crippen LogP contribution >= 0.6 is 11.6 Å². The lowest BCUT2D eigenvalue weighted by atomic mass is 9.82. The second kappa shape index (κ2) is 9.59. The van der Waals surface area contributed by atoms with Gasteiger partial charge >= 0.3 is 5.97 Å². The molecule has 6 nitrogen and oxygen atoms in total. The Hall–Kier alpha value is -3.79. The van der Waals surface area contributed by atoms with E-state index in [1.54, 1.807) is 18.2 Å². The number of rotatable bonds is 6. The molecule has 7 heteroatoms. The fourth-order valence-electron chi connectivity index (χ4n) is 4.66. The largest absolute Gasteiger partial charge is 0.457 e. The normalized spacial score (nSPS) is 16.5. The van der Waals surface area contributed by atoms with Crippen molar-refractivity contribution in [2.45, 2.75) is 36.9 Å². The summed E-state index contributed by atoms with van der Waals surface area (Å²) < 4.78 is 5.06. The van der Waals surface area contributed by atoms with E-state index in [0.29, 0.717) is 27.4 Å². The van der Waals surface area contributed by atoms with Gasteiger partial charge < -0.3 is 20.1 Å². The zero-order chi connectivity index (χ0) is 26.2. The highest BCUT2D eigenvalue weighted by Crippen LogP contribution is 2.53. The van der Waals surface area contributed by atoms with Crippen LogP contribution < -0.4 is 10.2 Å². The quantitative estimate of drug-likeness (QED) is 0.360. The van der Waals surface area contributed by atoms with Gasteiger partial charge in [-0.3, -0.25) is 4.79 Å². The number of halogens is 1. The second-order valence-corrected chi connectivity index (χ2v) is 10.4. The number of ether oxygens (including phenoxy) is 1. The van der Waals surface area contributed by atoms with Gasteiger partial charge in [0, 0.05) is 48.0 Å². The standard InChI is InChI=1S/C30H27ClN2O4/c1-33(2)25-10-3-20(4-11-25)13-14-30(36,19-29(15-16-29)22-5-7-23(31)8-6-22)28(35)32-24-9-12-26-21(17-24)18-37-27(26)34/h3-12,17,36H,15-16,18-19H2,1-2H3,(H,32,35). The number of hydrogen-bond acceptors (Lipinski definition) is 5. The molecule has 0 bridgehead atoms. The van der Waals surface area contributed by atoms with Crippen molar-refractivity contribution in [2.75, 3.05) is 24.3 Å². The molecule has 1 aliphatic carbocycles. The number of carbonyl (C=O) groups is 2. The van der Waals surface area contributed by atoms with Gasteiger partial charge in [0.05, 0.1) is 5.56 Å². The van der Waals surface area contributed by atoms with Crippen LogP contribution in [0, 0.1) is 11.8 Å². The Labute approximate surface area is 221 Å². The van der Waals surface area contributed by atoms with Crippen LogP contribution in [0.4, 0.5) is 11.4 Å². The zero-order valence-corrected chi connectivity index (χ0v) is 21.4. The number of fused-ring (bicyclic) bond motifs is 1. The number of esters is 1. The van der Waals surface area contributed by atoms with E-state index in [1.165, 1.54) is 0 Å². The molecule has 0 radical (unpaired) electrons. The summed E-state index contributed by atoms with van der Waals surface area (Å²) in [5, 5.41) is 15.2. The van der Waals surface area contributed by atoms with E-state index in [0.717, 1.165) is 24.1 Å². The van der Waals surface area contributed by atoms with Crippen molar-refractivity contribution in [2.24, 2.45) is 0 Å². The molecule has 188 valence electrons. The maximum absolute atomic E-state index is 13.6. The molecule has 0 aromatic heterocycles. The summed E-state index contributed by atoms with van der Waals surface area (Å²) in [6, 6.07) is 20.1. The average molecular weight is 515 g/mol. The van der Waals surface area contributed by atoms with E-state index in [1.807, 2.05) is 67.5 Å². The third-order valence-electron chi connectivity index (χ3n) is 7.02. The molecule has 3 aromatic carbocycles. The average Bonchev–Trinajstić information content (AvgIpc) is 3.57. The molecule has 1 fully saturated rings. The molecule has 2 aliphatic rings. The minimum absolute atomic E-state index is 0.142. The number of amides is 1. The molecule has 1 atom stereocenters. The summed E-state index contributed by atoms with van der Waals surface area (Å²) in [6.45, 7) is 0.157. The van der Waals surface area contributed by atoms with Crippen LogP contribution in [0.15, 0.2) is 66.7 Å². The summed E-state index contributed by atoms with van der Waals surface area (Å²) in [4.78, 5) is 27.3. The summed E-state index contributed by atoms with van der Waals surface area (Å²) >= 11 is 6.08. The molecule has 5 rings (SSSR count). The van der Waals surface area contributed by atoms with Gasteiger partial charge in [0.1, 0.15) is 6.61 Å². The van der Waals surface area contributed by atoms with Crippen molar-refractivity contribution in [1.82, 2.24) is 0 Å². The van der Waals surface area contributed by atoms with Crippen LogP contribution in [-0.2, 0) is 21.6 Å². The van der Waals surface area contributed by atoms with Crippen LogP contribution in [0.5, 0.6) is 0 Å². The zero-order valence-electron chi connectivity index (χ0n) is 20.7. The van der Waals surface area contributed by atoms with Gasteiger partial charge in [-0.15, -0.1) is 0 Å². The third-order valence-corrected chi connectivity index (χ3v) is 7.27. The Morgan fingerprint density at radius 2 is 1.81 bits per heavy atom. The lowest BCUT2D eigenvalue weighted by molar-refractivity contribution is -0.130. The fourth-order valence-corrected chi connectivity index (χ4v) is 4.78. The van der Waals surface area contributed by atoms with Gasteiger partial charge in [-0.25, -0.2) is 4.79 Å². The van der Waals surface area contributed by atoms with Gasteiger partial charge in [-0.05, 0) is 78.4 Å². The molecule has 1 unspecified atom stereocenters. The number of hydrogen-bond donors (Lipinski definition) is 2. The molecule has 3 aromatic rings. The molecular weight excluding hydrogens is 488 g/mol. The Balaban J connectivity index is 1.45. The summed E-state index contributed by atoms with van der Waals surface area (Å²) in [6.07, 6.45) is 1.81. The number of nitrogens with one attached hydrogen (secondary N) is 1. The SMILES string of the molecule is CN(C)c1ccc(C#CC(O)(CC2(c3ccc(Cl)cc3)CC2)C(=O)Nc2ccc3c(c2)COC3=O)cc1. The Morgan fingerprint density at radius 1 is 1.11 bits per heavy atom. The highest BCUT2D eigenvalue weighted by atomic mass is 35.5. The lowest BCUT2D eigenvalue weighted by Gasteiger charge is -2.27. The summed E-state index contributed by atoms with van der Waals surface area (Å²) in [5.41, 5.74) is 2.06. The molecule has 1 amide bonds. The van der Waals surface area contributed by atoms with E-state index in [2.05, 4.69) is 17.2 Å². The van der Waals surface area contributed by atoms with Crippen molar-refractivity contribution in [1.29, 1.82) is 0 Å². The van der Waals surface area contributed by atoms with Crippen LogP contribution in [0.2, 0.25) is 5.02 Å². The Bertz CT molecular complexity index is 1420. The molecule has 1 heterocycles. The first kappa shape index (κ1) is 24.9. The topological polar surface area (TPSA) is 78.9 Å². The van der Waals surface area contributed by atoms with E-state index in [4.69, 9.17) is 16.3 Å². The first-order valence-corrected chi connectivity index (χ1v) is 12.5. The number of carbonyl (C=O) groups excluding carboxylic acids is 2. The van der Waals surface area contributed by atoms with Gasteiger partial charge in [0.25, 0.3) is 5.91 Å². The fraction of sp³-hybridized carbons (Fsp3) is 0.267. The smallest absolute Gasteiger partial charge is 0.338 e. The Morgan fingerprint density at radius 3 is 2.46 bits per heavy atom. The van der Waals surface area contributed by atoms with Gasteiger partial charge in [0.15, 0.2) is 0 Å². The number of nitrogens with zero attached hydrogens (tertiary/aromatic N) is 1. The highest BCUT2D eigenvalue weighted by Gasteiger charge is 2.52. The summed E-state index contributed by atoms with van der Waals surface area (Å²) in [5.74, 6) is 4.91. The molecule has 1 saturated carbocycles. The molecule has 0 saturated heterocycles. The van der Waals surface area contributed by atoms with Crippen molar-refractivity contribution in [3.8, 4) is 11.8 Å². The van der Waals surface area contributed by atoms with Crippen molar-refractivity contribution in [3.63, 3.8) is 0 Å². The monoisotopic (exact) mass is 514 g/mol. The Kier molecular flexibility index (Phi) is 6.45. The van der Waals surface area contributed by atoms with Gasteiger partial charge in [-0.2, -0.15) is 0 Å². The van der Waals surface area contributed by atoms with Crippen molar-refractivity contribution < 1.29 is 19.4 Å². The minimum Gasteiger partial charge on any atom is -0.457 e. The predicted octanol–water partition coefficient (Wildman–Crippen LogP) is 4.92. The molecule has 0 spiro atoms. The molecule has 1 aliphatic heterocycles. The van der Waals surface area contributed by atoms with Crippen molar-refractivity contribution in [3.05, 3.63) is 94.0 Å².